The number of Topliss-reactive ketones (excluding diaryl/α,β-unsaturated/α-hetero) is 1. The van der Waals surface area contributed by atoms with E-state index in [9.17, 15) is 4.79 Å². The first-order valence-electron chi connectivity index (χ1n) is 6.11. The minimum Gasteiger partial charge on any atom is -0.293 e. The molecule has 0 bridgehead atoms. The minimum atomic E-state index is 0.108. The summed E-state index contributed by atoms with van der Waals surface area (Å²) in [7, 11) is 0. The van der Waals surface area contributed by atoms with Crippen molar-refractivity contribution in [2.24, 2.45) is 0 Å². The molecule has 1 aromatic carbocycles. The highest BCUT2D eigenvalue weighted by Crippen LogP contribution is 2.18. The fraction of sp³-hybridized carbons (Fsp3) is 0.385. The number of aryl methyl sites for hydroxylation is 3. The summed E-state index contributed by atoms with van der Waals surface area (Å²) in [6.07, 6.45) is 0. The lowest BCUT2D eigenvalue weighted by Gasteiger charge is -2.06. The molecule has 5 nitrogen and oxygen atoms in total. The number of thioether (sulfide) groups is 1. The SMILES string of the molecule is CCn1nnnc1SCC(=O)c1cc(C)ccc1C. The van der Waals surface area contributed by atoms with Gasteiger partial charge in [-0.05, 0) is 42.8 Å². The number of tetrazole rings is 1. The molecular formula is C13H16N4OS. The zero-order valence-electron chi connectivity index (χ0n) is 11.3. The second-order valence-electron chi connectivity index (χ2n) is 4.31. The average Bonchev–Trinajstić information content (AvgIpc) is 2.86. The molecule has 1 heterocycles. The lowest BCUT2D eigenvalue weighted by atomic mass is 10.0. The largest absolute Gasteiger partial charge is 0.293 e. The normalized spacial score (nSPS) is 10.7. The van der Waals surface area contributed by atoms with Gasteiger partial charge in [0.1, 0.15) is 0 Å². The summed E-state index contributed by atoms with van der Waals surface area (Å²) in [6, 6.07) is 5.92. The van der Waals surface area contributed by atoms with Crippen molar-refractivity contribution in [1.82, 2.24) is 20.2 Å². The number of carbonyl (C=O) groups is 1. The molecule has 100 valence electrons. The van der Waals surface area contributed by atoms with Crippen LogP contribution in [0.2, 0.25) is 0 Å². The number of ketones is 1. The summed E-state index contributed by atoms with van der Waals surface area (Å²) in [5, 5.41) is 12.0. The van der Waals surface area contributed by atoms with Crippen LogP contribution < -0.4 is 0 Å². The highest BCUT2D eigenvalue weighted by Gasteiger charge is 2.12. The number of aromatic nitrogens is 4. The van der Waals surface area contributed by atoms with Gasteiger partial charge in [-0.3, -0.25) is 4.79 Å². The van der Waals surface area contributed by atoms with Crippen molar-refractivity contribution in [2.45, 2.75) is 32.5 Å². The smallest absolute Gasteiger partial charge is 0.209 e. The van der Waals surface area contributed by atoms with Gasteiger partial charge in [-0.15, -0.1) is 5.10 Å². The molecule has 0 aliphatic heterocycles. The van der Waals surface area contributed by atoms with Crippen LogP contribution in [0.25, 0.3) is 0 Å². The number of hydrogen-bond acceptors (Lipinski definition) is 5. The molecule has 0 radical (unpaired) electrons. The van der Waals surface area contributed by atoms with E-state index in [0.717, 1.165) is 16.7 Å². The first kappa shape index (κ1) is 13.7. The summed E-state index contributed by atoms with van der Waals surface area (Å²) in [5.41, 5.74) is 2.88. The Morgan fingerprint density at radius 3 is 2.89 bits per heavy atom. The van der Waals surface area contributed by atoms with Gasteiger partial charge in [-0.1, -0.05) is 29.5 Å². The Balaban J connectivity index is 2.07. The standard InChI is InChI=1S/C13H16N4OS/c1-4-17-13(14-15-16-17)19-8-12(18)11-7-9(2)5-6-10(11)3/h5-7H,4,8H2,1-3H3. The average molecular weight is 276 g/mol. The lowest BCUT2D eigenvalue weighted by Crippen LogP contribution is -2.07. The fourth-order valence-corrected chi connectivity index (χ4v) is 2.57. The zero-order chi connectivity index (χ0) is 13.8. The third-order valence-electron chi connectivity index (χ3n) is 2.82. The Bertz CT molecular complexity index is 594. The predicted molar refractivity (Wildman–Crippen MR) is 74.5 cm³/mol. The Morgan fingerprint density at radius 1 is 1.37 bits per heavy atom. The fourth-order valence-electron chi connectivity index (χ4n) is 1.74. The Hall–Kier alpha value is -1.69. The van der Waals surface area contributed by atoms with Crippen LogP contribution in [0.5, 0.6) is 0 Å². The van der Waals surface area contributed by atoms with E-state index >= 15 is 0 Å². The Kier molecular flexibility index (Phi) is 4.31. The monoisotopic (exact) mass is 276 g/mol. The molecule has 2 rings (SSSR count). The summed E-state index contributed by atoms with van der Waals surface area (Å²) < 4.78 is 1.68. The molecule has 0 spiro atoms. The summed E-state index contributed by atoms with van der Waals surface area (Å²) >= 11 is 1.37. The van der Waals surface area contributed by atoms with Crippen LogP contribution in [-0.4, -0.2) is 31.7 Å². The van der Waals surface area contributed by atoms with E-state index in [1.807, 2.05) is 39.0 Å². The number of nitrogens with zero attached hydrogens (tertiary/aromatic N) is 4. The van der Waals surface area contributed by atoms with E-state index in [4.69, 9.17) is 0 Å². The van der Waals surface area contributed by atoms with Crippen molar-refractivity contribution in [3.05, 3.63) is 34.9 Å². The van der Waals surface area contributed by atoms with Crippen LogP contribution in [0.4, 0.5) is 0 Å². The van der Waals surface area contributed by atoms with Crippen molar-refractivity contribution >= 4 is 17.5 Å². The molecule has 0 aliphatic rings. The number of benzene rings is 1. The second-order valence-corrected chi connectivity index (χ2v) is 5.25. The molecule has 19 heavy (non-hydrogen) atoms. The van der Waals surface area contributed by atoms with Crippen molar-refractivity contribution in [3.63, 3.8) is 0 Å². The van der Waals surface area contributed by atoms with Crippen LogP contribution >= 0.6 is 11.8 Å². The van der Waals surface area contributed by atoms with E-state index < -0.39 is 0 Å². The van der Waals surface area contributed by atoms with Crippen LogP contribution in [0, 0.1) is 13.8 Å². The molecular weight excluding hydrogens is 260 g/mol. The summed E-state index contributed by atoms with van der Waals surface area (Å²) in [6.45, 7) is 6.61. The maximum absolute atomic E-state index is 12.2. The third kappa shape index (κ3) is 3.20. The maximum Gasteiger partial charge on any atom is 0.209 e. The van der Waals surface area contributed by atoms with Gasteiger partial charge in [0.15, 0.2) is 5.78 Å². The van der Waals surface area contributed by atoms with Crippen molar-refractivity contribution in [1.29, 1.82) is 0 Å². The number of hydrogen-bond donors (Lipinski definition) is 0. The first-order chi connectivity index (χ1) is 9.11. The molecule has 0 unspecified atom stereocenters. The van der Waals surface area contributed by atoms with Crippen LogP contribution in [0.15, 0.2) is 23.4 Å². The molecule has 2 aromatic rings. The molecule has 1 aromatic heterocycles. The molecule has 0 saturated carbocycles. The van der Waals surface area contributed by atoms with Gasteiger partial charge in [0, 0.05) is 12.1 Å². The first-order valence-corrected chi connectivity index (χ1v) is 7.09. The van der Waals surface area contributed by atoms with Crippen molar-refractivity contribution in [2.75, 3.05) is 5.75 Å². The van der Waals surface area contributed by atoms with E-state index in [1.165, 1.54) is 11.8 Å². The van der Waals surface area contributed by atoms with Crippen LogP contribution in [0.1, 0.15) is 28.4 Å². The van der Waals surface area contributed by atoms with E-state index in [-0.39, 0.29) is 5.78 Å². The van der Waals surface area contributed by atoms with Gasteiger partial charge >= 0.3 is 0 Å². The van der Waals surface area contributed by atoms with Crippen molar-refractivity contribution in [3.8, 4) is 0 Å². The van der Waals surface area contributed by atoms with Crippen LogP contribution in [-0.2, 0) is 6.54 Å². The molecule has 6 heteroatoms. The number of carbonyl (C=O) groups excluding carboxylic acids is 1. The van der Waals surface area contributed by atoms with Gasteiger partial charge in [0.05, 0.1) is 5.75 Å². The van der Waals surface area contributed by atoms with E-state index in [1.54, 1.807) is 4.68 Å². The highest BCUT2D eigenvalue weighted by molar-refractivity contribution is 7.99. The molecule has 0 atom stereocenters. The quantitative estimate of drug-likeness (QED) is 0.619. The van der Waals surface area contributed by atoms with E-state index in [0.29, 0.717) is 17.5 Å². The van der Waals surface area contributed by atoms with Crippen molar-refractivity contribution < 1.29 is 4.79 Å². The summed E-state index contributed by atoms with van der Waals surface area (Å²) in [5.74, 6) is 0.460. The maximum atomic E-state index is 12.2. The van der Waals surface area contributed by atoms with E-state index in [2.05, 4.69) is 15.5 Å². The van der Waals surface area contributed by atoms with Gasteiger partial charge in [-0.25, -0.2) is 4.68 Å². The lowest BCUT2D eigenvalue weighted by molar-refractivity contribution is 0.102. The predicted octanol–water partition coefficient (Wildman–Crippen LogP) is 2.28. The molecule has 0 aliphatic carbocycles. The summed E-state index contributed by atoms with van der Waals surface area (Å²) in [4.78, 5) is 12.2. The van der Waals surface area contributed by atoms with Gasteiger partial charge < -0.3 is 0 Å². The molecule has 0 saturated heterocycles. The molecule has 0 fully saturated rings. The topological polar surface area (TPSA) is 60.7 Å². The Labute approximate surface area is 116 Å². The zero-order valence-corrected chi connectivity index (χ0v) is 12.1. The molecule has 0 N–H and O–H groups in total. The third-order valence-corrected chi connectivity index (χ3v) is 3.78. The van der Waals surface area contributed by atoms with Gasteiger partial charge in [-0.2, -0.15) is 0 Å². The Morgan fingerprint density at radius 2 is 2.16 bits per heavy atom. The highest BCUT2D eigenvalue weighted by atomic mass is 32.2. The second kappa shape index (κ2) is 5.97. The van der Waals surface area contributed by atoms with Crippen LogP contribution in [0.3, 0.4) is 0 Å². The van der Waals surface area contributed by atoms with Gasteiger partial charge in [0.2, 0.25) is 5.16 Å². The van der Waals surface area contributed by atoms with Gasteiger partial charge in [0.25, 0.3) is 0 Å². The number of rotatable bonds is 5. The minimum absolute atomic E-state index is 0.108. The molecule has 0 amide bonds.